The van der Waals surface area contributed by atoms with Crippen LogP contribution >= 0.6 is 0 Å². The van der Waals surface area contributed by atoms with Crippen molar-refractivity contribution in [2.45, 2.75) is 44.3 Å². The first-order valence-corrected chi connectivity index (χ1v) is 7.03. The maximum Gasteiger partial charge on any atom is 0.389 e. The molecule has 0 spiro atoms. The van der Waals surface area contributed by atoms with Crippen LogP contribution in [0.5, 0.6) is 5.75 Å². The van der Waals surface area contributed by atoms with E-state index in [0.29, 0.717) is 13.0 Å². The lowest BCUT2D eigenvalue weighted by atomic mass is 9.90. The molecule has 0 aromatic heterocycles. The van der Waals surface area contributed by atoms with Crippen molar-refractivity contribution in [3.05, 3.63) is 29.8 Å². The van der Waals surface area contributed by atoms with Crippen molar-refractivity contribution in [1.29, 1.82) is 0 Å². The Balaban J connectivity index is 1.99. The Morgan fingerprint density at radius 1 is 1.35 bits per heavy atom. The normalized spacial score (nSPS) is 19.5. The van der Waals surface area contributed by atoms with Gasteiger partial charge in [-0.3, -0.25) is 0 Å². The van der Waals surface area contributed by atoms with E-state index in [2.05, 4.69) is 5.32 Å². The van der Waals surface area contributed by atoms with Crippen LogP contribution < -0.4 is 10.1 Å². The highest BCUT2D eigenvalue weighted by molar-refractivity contribution is 5.40. The summed E-state index contributed by atoms with van der Waals surface area (Å²) in [6, 6.07) is 7.80. The number of fused-ring (bicyclic) bond motifs is 1. The highest BCUT2D eigenvalue weighted by atomic mass is 19.4. The number of alkyl halides is 3. The van der Waals surface area contributed by atoms with E-state index in [1.807, 2.05) is 31.2 Å². The maximum absolute atomic E-state index is 12.3. The van der Waals surface area contributed by atoms with Gasteiger partial charge in [0.25, 0.3) is 0 Å². The van der Waals surface area contributed by atoms with Gasteiger partial charge in [0, 0.05) is 23.9 Å². The highest BCUT2D eigenvalue weighted by Crippen LogP contribution is 2.37. The molecular weight excluding hydrogens is 267 g/mol. The Hall–Kier alpha value is -1.23. The molecule has 1 N–H and O–H groups in total. The van der Waals surface area contributed by atoms with Crippen molar-refractivity contribution in [3.63, 3.8) is 0 Å². The second-order valence-corrected chi connectivity index (χ2v) is 5.13. The summed E-state index contributed by atoms with van der Waals surface area (Å²) in [4.78, 5) is 0. The minimum Gasteiger partial charge on any atom is -0.493 e. The Morgan fingerprint density at radius 2 is 2.10 bits per heavy atom. The molecule has 2 rings (SSSR count). The first kappa shape index (κ1) is 15.2. The van der Waals surface area contributed by atoms with Crippen LogP contribution in [0.15, 0.2) is 24.3 Å². The second-order valence-electron chi connectivity index (χ2n) is 5.13. The van der Waals surface area contributed by atoms with E-state index in [9.17, 15) is 13.2 Å². The number of para-hydroxylation sites is 1. The molecule has 0 saturated carbocycles. The minimum absolute atomic E-state index is 0.0333. The fourth-order valence-corrected chi connectivity index (χ4v) is 2.75. The lowest BCUT2D eigenvalue weighted by Crippen LogP contribution is -2.35. The molecule has 0 aliphatic carbocycles. The molecule has 1 aromatic rings. The van der Waals surface area contributed by atoms with Gasteiger partial charge < -0.3 is 10.1 Å². The van der Waals surface area contributed by atoms with Crippen molar-refractivity contribution in [2.75, 3.05) is 13.2 Å². The third-order valence-corrected chi connectivity index (χ3v) is 3.66. The molecule has 112 valence electrons. The van der Waals surface area contributed by atoms with Crippen LogP contribution in [-0.4, -0.2) is 25.4 Å². The molecular formula is C15H20F3NO. The fourth-order valence-electron chi connectivity index (χ4n) is 2.75. The minimum atomic E-state index is -4.07. The average molecular weight is 287 g/mol. The van der Waals surface area contributed by atoms with Crippen LogP contribution in [-0.2, 0) is 0 Å². The summed E-state index contributed by atoms with van der Waals surface area (Å²) >= 11 is 0. The number of hydrogen-bond acceptors (Lipinski definition) is 2. The first-order valence-electron chi connectivity index (χ1n) is 7.03. The summed E-state index contributed by atoms with van der Waals surface area (Å²) in [6.07, 6.45) is -4.12. The average Bonchev–Trinajstić information content (AvgIpc) is 2.80. The summed E-state index contributed by atoms with van der Waals surface area (Å²) in [5, 5.41) is 3.30. The summed E-state index contributed by atoms with van der Waals surface area (Å²) < 4.78 is 42.4. The van der Waals surface area contributed by atoms with Gasteiger partial charge in [-0.15, -0.1) is 0 Å². The quantitative estimate of drug-likeness (QED) is 0.857. The summed E-state index contributed by atoms with van der Waals surface area (Å²) in [5.41, 5.74) is 1.10. The third-order valence-electron chi connectivity index (χ3n) is 3.66. The topological polar surface area (TPSA) is 21.3 Å². The second kappa shape index (κ2) is 6.48. The molecule has 2 atom stereocenters. The Labute approximate surface area is 117 Å². The molecule has 0 amide bonds. The zero-order valence-corrected chi connectivity index (χ0v) is 11.5. The molecule has 0 bridgehead atoms. The number of rotatable bonds is 6. The molecule has 5 heteroatoms. The molecule has 1 aliphatic heterocycles. The standard InChI is InChI=1S/C15H20F3NO/c1-2-19-13(7-5-9-15(16,17)18)12-10-20-14-8-4-3-6-11(12)14/h3-4,6,8,12-13,19H,2,5,7,9-10H2,1H3. The van der Waals surface area contributed by atoms with Gasteiger partial charge in [-0.2, -0.15) is 13.2 Å². The Morgan fingerprint density at radius 3 is 2.80 bits per heavy atom. The van der Waals surface area contributed by atoms with Crippen molar-refractivity contribution in [3.8, 4) is 5.75 Å². The van der Waals surface area contributed by atoms with Crippen LogP contribution in [0, 0.1) is 0 Å². The first-order chi connectivity index (χ1) is 9.51. The van der Waals surface area contributed by atoms with E-state index in [1.165, 1.54) is 0 Å². The lowest BCUT2D eigenvalue weighted by molar-refractivity contribution is -0.135. The van der Waals surface area contributed by atoms with E-state index in [0.717, 1.165) is 17.9 Å². The van der Waals surface area contributed by atoms with Gasteiger partial charge in [-0.1, -0.05) is 25.1 Å². The van der Waals surface area contributed by atoms with Crippen molar-refractivity contribution >= 4 is 0 Å². The van der Waals surface area contributed by atoms with Gasteiger partial charge in [0.2, 0.25) is 0 Å². The van der Waals surface area contributed by atoms with Crippen LogP contribution in [0.3, 0.4) is 0 Å². The SMILES string of the molecule is CCNC(CCCC(F)(F)F)C1COc2ccccc21. The number of likely N-dealkylation sites (N-methyl/N-ethyl adjacent to an activating group) is 1. The fraction of sp³-hybridized carbons (Fsp3) is 0.600. The smallest absolute Gasteiger partial charge is 0.389 e. The largest absolute Gasteiger partial charge is 0.493 e. The van der Waals surface area contributed by atoms with Gasteiger partial charge in [-0.05, 0) is 25.5 Å². The predicted octanol–water partition coefficient (Wildman–Crippen LogP) is 3.87. The zero-order chi connectivity index (χ0) is 14.6. The molecule has 0 saturated heterocycles. The monoisotopic (exact) mass is 287 g/mol. The van der Waals surface area contributed by atoms with Crippen LogP contribution in [0.2, 0.25) is 0 Å². The molecule has 2 unspecified atom stereocenters. The van der Waals surface area contributed by atoms with Crippen molar-refractivity contribution in [1.82, 2.24) is 5.32 Å². The summed E-state index contributed by atoms with van der Waals surface area (Å²) in [6.45, 7) is 3.26. The molecule has 20 heavy (non-hydrogen) atoms. The molecule has 2 nitrogen and oxygen atoms in total. The summed E-state index contributed by atoms with van der Waals surface area (Å²) in [5.74, 6) is 0.996. The van der Waals surface area contributed by atoms with Gasteiger partial charge in [0.05, 0.1) is 6.61 Å². The van der Waals surface area contributed by atoms with Crippen LogP contribution in [0.25, 0.3) is 0 Å². The maximum atomic E-state index is 12.3. The lowest BCUT2D eigenvalue weighted by Gasteiger charge is -2.24. The van der Waals surface area contributed by atoms with Gasteiger partial charge in [-0.25, -0.2) is 0 Å². The number of halogens is 3. The number of benzene rings is 1. The predicted molar refractivity (Wildman–Crippen MR) is 72.0 cm³/mol. The summed E-state index contributed by atoms with van der Waals surface area (Å²) in [7, 11) is 0. The Bertz CT molecular complexity index is 433. The van der Waals surface area contributed by atoms with Gasteiger partial charge >= 0.3 is 6.18 Å². The van der Waals surface area contributed by atoms with Crippen molar-refractivity contribution in [2.24, 2.45) is 0 Å². The number of nitrogens with one attached hydrogen (secondary N) is 1. The molecule has 1 heterocycles. The van der Waals surface area contributed by atoms with Gasteiger partial charge in [0.15, 0.2) is 0 Å². The van der Waals surface area contributed by atoms with E-state index < -0.39 is 12.6 Å². The van der Waals surface area contributed by atoms with Crippen molar-refractivity contribution < 1.29 is 17.9 Å². The van der Waals surface area contributed by atoms with Crippen LogP contribution in [0.4, 0.5) is 13.2 Å². The molecule has 0 radical (unpaired) electrons. The number of ether oxygens (including phenoxy) is 1. The zero-order valence-electron chi connectivity index (χ0n) is 11.5. The van der Waals surface area contributed by atoms with Crippen LogP contribution in [0.1, 0.15) is 37.7 Å². The molecule has 0 fully saturated rings. The van der Waals surface area contributed by atoms with E-state index >= 15 is 0 Å². The van der Waals surface area contributed by atoms with Gasteiger partial charge in [0.1, 0.15) is 5.75 Å². The number of hydrogen-bond donors (Lipinski definition) is 1. The van der Waals surface area contributed by atoms with E-state index in [-0.39, 0.29) is 18.4 Å². The van der Waals surface area contributed by atoms with E-state index in [4.69, 9.17) is 4.74 Å². The molecule has 1 aliphatic rings. The highest BCUT2D eigenvalue weighted by Gasteiger charge is 2.32. The Kier molecular flexibility index (Phi) is 4.91. The van der Waals surface area contributed by atoms with E-state index in [1.54, 1.807) is 0 Å². The third kappa shape index (κ3) is 3.88. The molecule has 1 aromatic carbocycles.